The van der Waals surface area contributed by atoms with Crippen molar-refractivity contribution in [3.63, 3.8) is 0 Å². The first-order valence-corrected chi connectivity index (χ1v) is 5.14. The van der Waals surface area contributed by atoms with Crippen molar-refractivity contribution in [2.24, 2.45) is 0 Å². The van der Waals surface area contributed by atoms with Gasteiger partial charge in [0, 0.05) is 19.3 Å². The zero-order valence-corrected chi connectivity index (χ0v) is 8.94. The molecule has 15 heavy (non-hydrogen) atoms. The van der Waals surface area contributed by atoms with Gasteiger partial charge in [0.2, 0.25) is 5.91 Å². The smallest absolute Gasteiger partial charge is 0.241 e. The van der Waals surface area contributed by atoms with Crippen molar-refractivity contribution in [3.05, 3.63) is 12.4 Å². The van der Waals surface area contributed by atoms with Gasteiger partial charge >= 0.3 is 0 Å². The predicted octanol–water partition coefficient (Wildman–Crippen LogP) is -0.606. The fraction of sp³-hybridized carbons (Fsp3) is 0.667. The summed E-state index contributed by atoms with van der Waals surface area (Å²) in [7, 11) is 0. The largest absolute Gasteiger partial charge is 0.353 e. The summed E-state index contributed by atoms with van der Waals surface area (Å²) in [4.78, 5) is 11.3. The molecular weight excluding hydrogens is 194 g/mol. The topological polar surface area (TPSA) is 71.8 Å². The molecule has 6 heteroatoms. The van der Waals surface area contributed by atoms with Gasteiger partial charge in [-0.25, -0.2) is 4.68 Å². The van der Waals surface area contributed by atoms with Crippen LogP contribution < -0.4 is 10.6 Å². The summed E-state index contributed by atoms with van der Waals surface area (Å²) >= 11 is 0. The van der Waals surface area contributed by atoms with E-state index in [2.05, 4.69) is 27.9 Å². The normalized spacial score (nSPS) is 10.2. The molecule has 0 fully saturated rings. The molecule has 0 aliphatic rings. The fourth-order valence-electron chi connectivity index (χ4n) is 1.11. The molecule has 0 atom stereocenters. The molecule has 1 aromatic heterocycles. The Labute approximate surface area is 89.0 Å². The highest BCUT2D eigenvalue weighted by molar-refractivity contribution is 5.75. The standard InChI is InChI=1S/C9H17N5O/c1-2-3-10-4-5-11-9(15)8-14-7-6-12-13-14/h6-7,10H,2-5,8H2,1H3,(H,11,15). The van der Waals surface area contributed by atoms with Crippen LogP contribution in [0.15, 0.2) is 12.4 Å². The van der Waals surface area contributed by atoms with Gasteiger partial charge in [0.1, 0.15) is 6.54 Å². The van der Waals surface area contributed by atoms with Crippen LogP contribution in [0.4, 0.5) is 0 Å². The summed E-state index contributed by atoms with van der Waals surface area (Å²) in [5, 5.41) is 13.3. The molecule has 0 spiro atoms. The van der Waals surface area contributed by atoms with Crippen LogP contribution in [-0.2, 0) is 11.3 Å². The molecule has 0 saturated carbocycles. The van der Waals surface area contributed by atoms with Crippen molar-refractivity contribution in [2.45, 2.75) is 19.9 Å². The summed E-state index contributed by atoms with van der Waals surface area (Å²) in [5.41, 5.74) is 0. The minimum absolute atomic E-state index is 0.0428. The number of aromatic nitrogens is 3. The molecule has 0 bridgehead atoms. The number of hydrogen-bond donors (Lipinski definition) is 2. The van der Waals surface area contributed by atoms with Crippen LogP contribution in [-0.4, -0.2) is 40.5 Å². The Morgan fingerprint density at radius 1 is 1.40 bits per heavy atom. The van der Waals surface area contributed by atoms with Crippen molar-refractivity contribution in [1.82, 2.24) is 25.6 Å². The van der Waals surface area contributed by atoms with Crippen LogP contribution in [0.1, 0.15) is 13.3 Å². The maximum absolute atomic E-state index is 11.3. The highest BCUT2D eigenvalue weighted by Crippen LogP contribution is 1.80. The molecule has 0 aliphatic carbocycles. The van der Waals surface area contributed by atoms with Crippen LogP contribution >= 0.6 is 0 Å². The van der Waals surface area contributed by atoms with Gasteiger partial charge in [0.15, 0.2) is 0 Å². The number of nitrogens with one attached hydrogen (secondary N) is 2. The second-order valence-corrected chi connectivity index (χ2v) is 3.20. The Morgan fingerprint density at radius 3 is 2.93 bits per heavy atom. The Balaban J connectivity index is 2.04. The number of hydrogen-bond acceptors (Lipinski definition) is 4. The lowest BCUT2D eigenvalue weighted by Crippen LogP contribution is -2.34. The second-order valence-electron chi connectivity index (χ2n) is 3.20. The molecule has 2 N–H and O–H groups in total. The van der Waals surface area contributed by atoms with Gasteiger partial charge in [0.05, 0.1) is 6.20 Å². The van der Waals surface area contributed by atoms with E-state index in [4.69, 9.17) is 0 Å². The Bertz CT molecular complexity index is 272. The first-order chi connectivity index (χ1) is 7.33. The lowest BCUT2D eigenvalue weighted by atomic mass is 10.4. The third kappa shape index (κ3) is 5.11. The zero-order valence-electron chi connectivity index (χ0n) is 8.94. The van der Waals surface area contributed by atoms with Gasteiger partial charge < -0.3 is 10.6 Å². The van der Waals surface area contributed by atoms with Gasteiger partial charge in [-0.1, -0.05) is 12.1 Å². The first-order valence-electron chi connectivity index (χ1n) is 5.14. The average molecular weight is 211 g/mol. The Hall–Kier alpha value is -1.43. The first kappa shape index (κ1) is 11.6. The van der Waals surface area contributed by atoms with E-state index in [0.717, 1.165) is 19.5 Å². The lowest BCUT2D eigenvalue weighted by molar-refractivity contribution is -0.121. The predicted molar refractivity (Wildman–Crippen MR) is 56.2 cm³/mol. The summed E-state index contributed by atoms with van der Waals surface area (Å²) < 4.78 is 1.49. The number of carbonyl (C=O) groups excluding carboxylic acids is 1. The third-order valence-electron chi connectivity index (χ3n) is 1.83. The number of amides is 1. The van der Waals surface area contributed by atoms with Gasteiger partial charge in [-0.15, -0.1) is 5.10 Å². The fourth-order valence-corrected chi connectivity index (χ4v) is 1.11. The molecule has 1 amide bonds. The number of carbonyl (C=O) groups is 1. The van der Waals surface area contributed by atoms with Crippen molar-refractivity contribution < 1.29 is 4.79 Å². The second kappa shape index (κ2) is 6.94. The molecule has 0 unspecified atom stereocenters. The molecule has 0 aliphatic heterocycles. The highest BCUT2D eigenvalue weighted by Gasteiger charge is 2.01. The molecular formula is C9H17N5O. The van der Waals surface area contributed by atoms with Crippen molar-refractivity contribution in [1.29, 1.82) is 0 Å². The summed E-state index contributed by atoms with van der Waals surface area (Å²) in [5.74, 6) is -0.0428. The monoisotopic (exact) mass is 211 g/mol. The van der Waals surface area contributed by atoms with E-state index in [-0.39, 0.29) is 12.5 Å². The molecule has 0 saturated heterocycles. The SMILES string of the molecule is CCCNCCNC(=O)Cn1ccnn1. The quantitative estimate of drug-likeness (QED) is 0.590. The highest BCUT2D eigenvalue weighted by atomic mass is 16.2. The van der Waals surface area contributed by atoms with Crippen LogP contribution in [0, 0.1) is 0 Å². The van der Waals surface area contributed by atoms with Crippen LogP contribution in [0.25, 0.3) is 0 Å². The minimum Gasteiger partial charge on any atom is -0.353 e. The van der Waals surface area contributed by atoms with Gasteiger partial charge in [-0.3, -0.25) is 4.79 Å². The average Bonchev–Trinajstić information content (AvgIpc) is 2.70. The molecule has 1 aromatic rings. The van der Waals surface area contributed by atoms with E-state index in [1.54, 1.807) is 12.4 Å². The van der Waals surface area contributed by atoms with Crippen molar-refractivity contribution >= 4 is 5.91 Å². The molecule has 1 rings (SSSR count). The van der Waals surface area contributed by atoms with Gasteiger partial charge in [0.25, 0.3) is 0 Å². The number of nitrogens with zero attached hydrogens (tertiary/aromatic N) is 3. The van der Waals surface area contributed by atoms with Crippen LogP contribution in [0.5, 0.6) is 0 Å². The molecule has 84 valence electrons. The minimum atomic E-state index is -0.0428. The molecule has 1 heterocycles. The van der Waals surface area contributed by atoms with E-state index < -0.39 is 0 Å². The zero-order chi connectivity index (χ0) is 10.9. The summed E-state index contributed by atoms with van der Waals surface area (Å²) in [6.45, 7) is 4.77. The van der Waals surface area contributed by atoms with Gasteiger partial charge in [-0.2, -0.15) is 0 Å². The van der Waals surface area contributed by atoms with Crippen LogP contribution in [0.3, 0.4) is 0 Å². The van der Waals surface area contributed by atoms with E-state index >= 15 is 0 Å². The number of rotatable bonds is 7. The van der Waals surface area contributed by atoms with E-state index in [0.29, 0.717) is 6.54 Å². The maximum Gasteiger partial charge on any atom is 0.241 e. The molecule has 0 aromatic carbocycles. The van der Waals surface area contributed by atoms with E-state index in [9.17, 15) is 4.79 Å². The van der Waals surface area contributed by atoms with E-state index in [1.165, 1.54) is 4.68 Å². The maximum atomic E-state index is 11.3. The van der Waals surface area contributed by atoms with Crippen LogP contribution in [0.2, 0.25) is 0 Å². The molecule has 6 nitrogen and oxygen atoms in total. The van der Waals surface area contributed by atoms with Gasteiger partial charge in [-0.05, 0) is 13.0 Å². The van der Waals surface area contributed by atoms with Crippen molar-refractivity contribution in [3.8, 4) is 0 Å². The molecule has 0 radical (unpaired) electrons. The summed E-state index contributed by atoms with van der Waals surface area (Å²) in [6, 6.07) is 0. The third-order valence-corrected chi connectivity index (χ3v) is 1.83. The Morgan fingerprint density at radius 2 is 2.27 bits per heavy atom. The lowest BCUT2D eigenvalue weighted by Gasteiger charge is -2.05. The Kier molecular flexibility index (Phi) is 5.39. The van der Waals surface area contributed by atoms with E-state index in [1.807, 2.05) is 0 Å². The van der Waals surface area contributed by atoms with Crippen molar-refractivity contribution in [2.75, 3.05) is 19.6 Å². The summed E-state index contributed by atoms with van der Waals surface area (Å²) in [6.07, 6.45) is 4.32.